The minimum absolute atomic E-state index is 0.0703. The van der Waals surface area contributed by atoms with Gasteiger partial charge in [-0.2, -0.15) is 0 Å². The largest absolute Gasteiger partial charge is 0.343 e. The summed E-state index contributed by atoms with van der Waals surface area (Å²) >= 11 is 0. The van der Waals surface area contributed by atoms with Gasteiger partial charge in [0.25, 0.3) is 5.91 Å². The van der Waals surface area contributed by atoms with Crippen LogP contribution in [-0.2, 0) is 4.79 Å². The summed E-state index contributed by atoms with van der Waals surface area (Å²) in [6.07, 6.45) is 7.26. The van der Waals surface area contributed by atoms with Crippen LogP contribution in [0.2, 0.25) is 0 Å². The van der Waals surface area contributed by atoms with Gasteiger partial charge in [-0.25, -0.2) is 0 Å². The van der Waals surface area contributed by atoms with Gasteiger partial charge < -0.3 is 10.2 Å². The number of amides is 2. The Hall–Kier alpha value is -1.84. The standard InChI is InChI=1S/C18H24N2O2/c21-17(13-19-18(22)15-8-2-1-3-9-15)20-12-6-10-14-7-4-5-11-16(14)20/h1-3,8-9,14,16H,4-7,10-13H2,(H,19,22)/t14-,16-/m1/s1. The molecule has 0 aromatic heterocycles. The van der Waals surface area contributed by atoms with E-state index in [0.29, 0.717) is 17.5 Å². The molecule has 0 spiro atoms. The summed E-state index contributed by atoms with van der Waals surface area (Å²) in [5.74, 6) is 0.573. The van der Waals surface area contributed by atoms with Crippen LogP contribution in [0.25, 0.3) is 0 Å². The van der Waals surface area contributed by atoms with E-state index in [-0.39, 0.29) is 18.4 Å². The van der Waals surface area contributed by atoms with Crippen LogP contribution in [0.4, 0.5) is 0 Å². The number of nitrogens with zero attached hydrogens (tertiary/aromatic N) is 1. The number of fused-ring (bicyclic) bond motifs is 1. The Morgan fingerprint density at radius 2 is 1.77 bits per heavy atom. The monoisotopic (exact) mass is 300 g/mol. The zero-order valence-electron chi connectivity index (χ0n) is 13.0. The van der Waals surface area contributed by atoms with Crippen molar-refractivity contribution in [3.8, 4) is 0 Å². The first kappa shape index (κ1) is 15.1. The number of piperidine rings is 1. The lowest BCUT2D eigenvalue weighted by Crippen LogP contribution is -2.52. The molecular formula is C18H24N2O2. The molecule has 118 valence electrons. The number of hydrogen-bond donors (Lipinski definition) is 1. The molecule has 4 heteroatoms. The quantitative estimate of drug-likeness (QED) is 0.933. The van der Waals surface area contributed by atoms with E-state index in [4.69, 9.17) is 0 Å². The summed E-state index contributed by atoms with van der Waals surface area (Å²) in [4.78, 5) is 26.6. The van der Waals surface area contributed by atoms with Gasteiger partial charge in [-0.1, -0.05) is 31.0 Å². The number of carbonyl (C=O) groups is 2. The van der Waals surface area contributed by atoms with Gasteiger partial charge in [0.15, 0.2) is 0 Å². The highest BCUT2D eigenvalue weighted by Crippen LogP contribution is 2.35. The second kappa shape index (κ2) is 6.95. The number of rotatable bonds is 3. The van der Waals surface area contributed by atoms with E-state index in [0.717, 1.165) is 19.4 Å². The third-order valence-corrected chi connectivity index (χ3v) is 5.00. The summed E-state index contributed by atoms with van der Waals surface area (Å²) in [5.41, 5.74) is 0.601. The first-order valence-electron chi connectivity index (χ1n) is 8.38. The van der Waals surface area contributed by atoms with Gasteiger partial charge in [-0.3, -0.25) is 9.59 Å². The van der Waals surface area contributed by atoms with E-state index >= 15 is 0 Å². The fourth-order valence-corrected chi connectivity index (χ4v) is 3.88. The minimum atomic E-state index is -0.175. The average Bonchev–Trinajstić information content (AvgIpc) is 2.59. The van der Waals surface area contributed by atoms with E-state index in [9.17, 15) is 9.59 Å². The molecule has 1 saturated carbocycles. The second-order valence-corrected chi connectivity index (χ2v) is 6.39. The van der Waals surface area contributed by atoms with E-state index < -0.39 is 0 Å². The molecule has 2 fully saturated rings. The minimum Gasteiger partial charge on any atom is -0.343 e. The normalized spacial score (nSPS) is 24.5. The van der Waals surface area contributed by atoms with Gasteiger partial charge in [0.1, 0.15) is 0 Å². The van der Waals surface area contributed by atoms with Crippen LogP contribution in [0.1, 0.15) is 48.9 Å². The fraction of sp³-hybridized carbons (Fsp3) is 0.556. The summed E-state index contributed by atoms with van der Waals surface area (Å²) < 4.78 is 0. The molecule has 1 heterocycles. The average molecular weight is 300 g/mol. The highest BCUT2D eigenvalue weighted by atomic mass is 16.2. The number of hydrogen-bond acceptors (Lipinski definition) is 2. The number of benzene rings is 1. The van der Waals surface area contributed by atoms with E-state index in [1.807, 2.05) is 23.1 Å². The van der Waals surface area contributed by atoms with Crippen molar-refractivity contribution in [2.75, 3.05) is 13.1 Å². The zero-order chi connectivity index (χ0) is 15.4. The smallest absolute Gasteiger partial charge is 0.251 e. The second-order valence-electron chi connectivity index (χ2n) is 6.39. The number of nitrogens with one attached hydrogen (secondary N) is 1. The van der Waals surface area contributed by atoms with Gasteiger partial charge in [-0.15, -0.1) is 0 Å². The maximum Gasteiger partial charge on any atom is 0.251 e. The molecule has 3 rings (SSSR count). The molecule has 1 N–H and O–H groups in total. The van der Waals surface area contributed by atoms with Crippen molar-refractivity contribution in [2.24, 2.45) is 5.92 Å². The van der Waals surface area contributed by atoms with Crippen molar-refractivity contribution >= 4 is 11.8 Å². The SMILES string of the molecule is O=C(NCC(=O)N1CCC[C@H]2CCCC[C@H]21)c1ccccc1. The predicted molar refractivity (Wildman–Crippen MR) is 85.5 cm³/mol. The van der Waals surface area contributed by atoms with E-state index in [2.05, 4.69) is 5.32 Å². The van der Waals surface area contributed by atoms with Crippen LogP contribution in [-0.4, -0.2) is 35.8 Å². The molecule has 1 saturated heterocycles. The van der Waals surface area contributed by atoms with E-state index in [1.165, 1.54) is 25.7 Å². The first-order valence-corrected chi connectivity index (χ1v) is 8.38. The highest BCUT2D eigenvalue weighted by molar-refractivity contribution is 5.96. The fourth-order valence-electron chi connectivity index (χ4n) is 3.88. The Kier molecular flexibility index (Phi) is 4.76. The molecule has 22 heavy (non-hydrogen) atoms. The van der Waals surface area contributed by atoms with Gasteiger partial charge in [0.05, 0.1) is 6.54 Å². The first-order chi connectivity index (χ1) is 10.8. The Bertz CT molecular complexity index is 527. The topological polar surface area (TPSA) is 49.4 Å². The highest BCUT2D eigenvalue weighted by Gasteiger charge is 2.35. The Labute approximate surface area is 131 Å². The molecular weight excluding hydrogens is 276 g/mol. The Balaban J connectivity index is 1.56. The molecule has 1 aromatic rings. The number of likely N-dealkylation sites (tertiary alicyclic amines) is 1. The van der Waals surface area contributed by atoms with Crippen LogP contribution in [0, 0.1) is 5.92 Å². The van der Waals surface area contributed by atoms with Crippen molar-refractivity contribution in [3.05, 3.63) is 35.9 Å². The number of carbonyl (C=O) groups excluding carboxylic acids is 2. The van der Waals surface area contributed by atoms with Crippen LogP contribution in [0.3, 0.4) is 0 Å². The van der Waals surface area contributed by atoms with Crippen molar-refractivity contribution in [1.82, 2.24) is 10.2 Å². The zero-order valence-corrected chi connectivity index (χ0v) is 13.0. The lowest BCUT2D eigenvalue weighted by Gasteiger charge is -2.44. The third-order valence-electron chi connectivity index (χ3n) is 5.00. The van der Waals surface area contributed by atoms with Crippen LogP contribution >= 0.6 is 0 Å². The molecule has 0 unspecified atom stereocenters. The molecule has 0 radical (unpaired) electrons. The summed E-state index contributed by atoms with van der Waals surface area (Å²) in [7, 11) is 0. The molecule has 2 aliphatic rings. The molecule has 4 nitrogen and oxygen atoms in total. The van der Waals surface area contributed by atoms with Crippen molar-refractivity contribution in [2.45, 2.75) is 44.6 Å². The lowest BCUT2D eigenvalue weighted by atomic mass is 9.78. The lowest BCUT2D eigenvalue weighted by molar-refractivity contribution is -0.136. The molecule has 1 aromatic carbocycles. The summed E-state index contributed by atoms with van der Waals surface area (Å²) in [6.45, 7) is 0.957. The van der Waals surface area contributed by atoms with Gasteiger partial charge in [0, 0.05) is 18.2 Å². The van der Waals surface area contributed by atoms with Crippen LogP contribution in [0.5, 0.6) is 0 Å². The van der Waals surface area contributed by atoms with Gasteiger partial charge in [0.2, 0.25) is 5.91 Å². The van der Waals surface area contributed by atoms with Gasteiger partial charge in [-0.05, 0) is 43.7 Å². The van der Waals surface area contributed by atoms with Crippen LogP contribution < -0.4 is 5.32 Å². The summed E-state index contributed by atoms with van der Waals surface area (Å²) in [6, 6.07) is 9.46. The Morgan fingerprint density at radius 1 is 1.05 bits per heavy atom. The summed E-state index contributed by atoms with van der Waals surface area (Å²) in [5, 5.41) is 2.76. The maximum atomic E-state index is 12.5. The van der Waals surface area contributed by atoms with Crippen molar-refractivity contribution in [3.63, 3.8) is 0 Å². The third kappa shape index (κ3) is 3.32. The van der Waals surface area contributed by atoms with Crippen molar-refractivity contribution < 1.29 is 9.59 Å². The Morgan fingerprint density at radius 3 is 2.59 bits per heavy atom. The molecule has 1 aliphatic heterocycles. The van der Waals surface area contributed by atoms with E-state index in [1.54, 1.807) is 12.1 Å². The van der Waals surface area contributed by atoms with Gasteiger partial charge >= 0.3 is 0 Å². The van der Waals surface area contributed by atoms with Crippen LogP contribution in [0.15, 0.2) is 30.3 Å². The molecule has 0 bridgehead atoms. The molecule has 2 atom stereocenters. The molecule has 2 amide bonds. The predicted octanol–water partition coefficient (Wildman–Crippen LogP) is 2.60. The molecule has 1 aliphatic carbocycles. The maximum absolute atomic E-state index is 12.5. The van der Waals surface area contributed by atoms with Crippen molar-refractivity contribution in [1.29, 1.82) is 0 Å².